The lowest BCUT2D eigenvalue weighted by atomic mass is 10.1. The van der Waals surface area contributed by atoms with Crippen molar-refractivity contribution in [2.45, 2.75) is 33.4 Å². The quantitative estimate of drug-likeness (QED) is 0.466. The van der Waals surface area contributed by atoms with Crippen LogP contribution in [-0.2, 0) is 19.5 Å². The van der Waals surface area contributed by atoms with Gasteiger partial charge in [-0.25, -0.2) is 9.37 Å². The summed E-state index contributed by atoms with van der Waals surface area (Å²) in [5, 5.41) is 0.846. The number of anilines is 1. The molecular formula is C26H25FN4O. The fraction of sp³-hybridized carbons (Fsp3) is 0.192. The Hall–Kier alpha value is -3.80. The molecule has 0 saturated heterocycles. The van der Waals surface area contributed by atoms with E-state index in [4.69, 9.17) is 5.73 Å². The van der Waals surface area contributed by atoms with Crippen molar-refractivity contribution < 1.29 is 9.18 Å². The van der Waals surface area contributed by atoms with Gasteiger partial charge in [0.15, 0.2) is 0 Å². The zero-order chi connectivity index (χ0) is 22.7. The number of rotatable bonds is 6. The largest absolute Gasteiger partial charge is 0.383 e. The van der Waals surface area contributed by atoms with Crippen molar-refractivity contribution in [3.63, 3.8) is 0 Å². The Balaban J connectivity index is 1.67. The Morgan fingerprint density at radius 2 is 1.88 bits per heavy atom. The number of amides is 1. The number of aromatic nitrogens is 2. The topological polar surface area (TPSA) is 72.1 Å². The van der Waals surface area contributed by atoms with Crippen LogP contribution in [0.4, 0.5) is 10.2 Å². The number of nitrogen functional groups attached to an aromatic ring is 1. The van der Waals surface area contributed by atoms with E-state index in [1.54, 1.807) is 23.1 Å². The molecule has 4 rings (SSSR count). The Morgan fingerprint density at radius 1 is 1.03 bits per heavy atom. The second-order valence-corrected chi connectivity index (χ2v) is 7.90. The van der Waals surface area contributed by atoms with Crippen LogP contribution in [0.2, 0.25) is 0 Å². The van der Waals surface area contributed by atoms with Crippen molar-refractivity contribution in [2.24, 2.45) is 0 Å². The van der Waals surface area contributed by atoms with Gasteiger partial charge in [0.1, 0.15) is 11.6 Å². The Morgan fingerprint density at radius 3 is 2.59 bits per heavy atom. The van der Waals surface area contributed by atoms with Crippen molar-refractivity contribution in [3.05, 3.63) is 101 Å². The van der Waals surface area contributed by atoms with Crippen LogP contribution in [0.15, 0.2) is 66.9 Å². The summed E-state index contributed by atoms with van der Waals surface area (Å²) in [7, 11) is 0. The second-order valence-electron chi connectivity index (χ2n) is 7.90. The third-order valence-electron chi connectivity index (χ3n) is 5.49. The number of hydrogen-bond acceptors (Lipinski definition) is 4. The van der Waals surface area contributed by atoms with E-state index in [2.05, 4.69) is 16.9 Å². The normalized spacial score (nSPS) is 11.0. The fourth-order valence-corrected chi connectivity index (χ4v) is 3.62. The summed E-state index contributed by atoms with van der Waals surface area (Å²) in [5.74, 6) is -0.0110. The van der Waals surface area contributed by atoms with Crippen LogP contribution < -0.4 is 5.73 Å². The van der Waals surface area contributed by atoms with Crippen molar-refractivity contribution in [1.82, 2.24) is 14.9 Å². The van der Waals surface area contributed by atoms with Crippen LogP contribution in [0.5, 0.6) is 0 Å². The number of pyridine rings is 2. The highest BCUT2D eigenvalue weighted by atomic mass is 19.1. The minimum Gasteiger partial charge on any atom is -0.383 e. The third kappa shape index (κ3) is 4.75. The zero-order valence-corrected chi connectivity index (χ0v) is 18.2. The molecule has 6 heteroatoms. The highest BCUT2D eigenvalue weighted by Gasteiger charge is 2.18. The van der Waals surface area contributed by atoms with Crippen LogP contribution >= 0.6 is 0 Å². The van der Waals surface area contributed by atoms with Crippen LogP contribution in [0.25, 0.3) is 10.9 Å². The Labute approximate surface area is 186 Å². The van der Waals surface area contributed by atoms with Crippen LogP contribution in [0, 0.1) is 12.7 Å². The van der Waals surface area contributed by atoms with Crippen LogP contribution in [0.3, 0.4) is 0 Å². The molecule has 0 atom stereocenters. The molecule has 0 aliphatic carbocycles. The van der Waals surface area contributed by atoms with E-state index in [9.17, 15) is 9.18 Å². The van der Waals surface area contributed by atoms with Gasteiger partial charge in [-0.3, -0.25) is 9.78 Å². The summed E-state index contributed by atoms with van der Waals surface area (Å²) >= 11 is 0. The molecule has 2 aromatic carbocycles. The summed E-state index contributed by atoms with van der Waals surface area (Å²) in [5.41, 5.74) is 10.7. The first-order valence-electron chi connectivity index (χ1n) is 10.6. The smallest absolute Gasteiger partial charge is 0.254 e. The predicted octanol–water partition coefficient (Wildman–Crippen LogP) is 5.06. The number of halogens is 1. The van der Waals surface area contributed by atoms with Crippen molar-refractivity contribution in [1.29, 1.82) is 0 Å². The molecule has 32 heavy (non-hydrogen) atoms. The van der Waals surface area contributed by atoms with Gasteiger partial charge in [-0.05, 0) is 72.5 Å². The summed E-state index contributed by atoms with van der Waals surface area (Å²) in [6.07, 6.45) is 2.73. The highest BCUT2D eigenvalue weighted by Crippen LogP contribution is 2.21. The number of nitrogens with zero attached hydrogens (tertiary/aromatic N) is 3. The van der Waals surface area contributed by atoms with Gasteiger partial charge >= 0.3 is 0 Å². The molecule has 2 N–H and O–H groups in total. The lowest BCUT2D eigenvalue weighted by molar-refractivity contribution is 0.0728. The van der Waals surface area contributed by atoms with Crippen LogP contribution in [0.1, 0.15) is 39.7 Å². The number of nitrogens with two attached hydrogens (primary N) is 1. The van der Waals surface area contributed by atoms with Gasteiger partial charge in [-0.2, -0.15) is 0 Å². The molecule has 2 aromatic heterocycles. The lowest BCUT2D eigenvalue weighted by Crippen LogP contribution is -2.30. The summed E-state index contributed by atoms with van der Waals surface area (Å²) < 4.78 is 13.8. The minimum atomic E-state index is -0.329. The molecule has 1 amide bonds. The molecule has 0 spiro atoms. The molecule has 0 aliphatic heterocycles. The van der Waals surface area contributed by atoms with Crippen molar-refractivity contribution >= 4 is 22.6 Å². The first-order valence-corrected chi connectivity index (χ1v) is 10.6. The fourth-order valence-electron chi connectivity index (χ4n) is 3.62. The zero-order valence-electron chi connectivity index (χ0n) is 18.2. The highest BCUT2D eigenvalue weighted by molar-refractivity contribution is 5.98. The van der Waals surface area contributed by atoms with Gasteiger partial charge < -0.3 is 10.6 Å². The van der Waals surface area contributed by atoms with Gasteiger partial charge in [0.05, 0.1) is 17.8 Å². The molecule has 0 saturated carbocycles. The number of carbonyl (C=O) groups is 1. The first-order chi connectivity index (χ1) is 15.4. The molecule has 0 radical (unpaired) electrons. The van der Waals surface area contributed by atoms with E-state index in [1.807, 2.05) is 43.5 Å². The van der Waals surface area contributed by atoms with Crippen LogP contribution in [-0.4, -0.2) is 20.8 Å². The van der Waals surface area contributed by atoms with E-state index in [0.29, 0.717) is 17.9 Å². The van der Waals surface area contributed by atoms with Gasteiger partial charge in [0.25, 0.3) is 5.91 Å². The number of fused-ring (bicyclic) bond motifs is 1. The monoisotopic (exact) mass is 428 g/mol. The second kappa shape index (κ2) is 9.14. The molecular weight excluding hydrogens is 403 g/mol. The maximum Gasteiger partial charge on any atom is 0.254 e. The summed E-state index contributed by atoms with van der Waals surface area (Å²) in [4.78, 5) is 24.1. The minimum absolute atomic E-state index is 0.160. The molecule has 162 valence electrons. The molecule has 4 aromatic rings. The van der Waals surface area contributed by atoms with E-state index >= 15 is 0 Å². The molecule has 0 unspecified atom stereocenters. The molecule has 0 aliphatic rings. The number of carbonyl (C=O) groups excluding carboxylic acids is 1. The lowest BCUT2D eigenvalue weighted by Gasteiger charge is -2.23. The van der Waals surface area contributed by atoms with Gasteiger partial charge in [0, 0.05) is 23.7 Å². The maximum atomic E-state index is 13.8. The molecule has 0 bridgehead atoms. The Bertz CT molecular complexity index is 1270. The van der Waals surface area contributed by atoms with E-state index in [1.165, 1.54) is 12.1 Å². The van der Waals surface area contributed by atoms with E-state index < -0.39 is 0 Å². The number of benzene rings is 2. The first kappa shape index (κ1) is 21.4. The van der Waals surface area contributed by atoms with Gasteiger partial charge in [-0.15, -0.1) is 0 Å². The molecule has 0 fully saturated rings. The predicted molar refractivity (Wildman–Crippen MR) is 124 cm³/mol. The SMILES string of the molecule is CCc1ccc(CN(Cc2cccc(F)c2)C(=O)c2ccc3nc(N)c(C)cc3c2)nc1. The van der Waals surface area contributed by atoms with Crippen molar-refractivity contribution in [3.8, 4) is 0 Å². The summed E-state index contributed by atoms with van der Waals surface area (Å²) in [6.45, 7) is 4.54. The van der Waals surface area contributed by atoms with E-state index in [0.717, 1.165) is 39.7 Å². The molecule has 5 nitrogen and oxygen atoms in total. The van der Waals surface area contributed by atoms with Crippen molar-refractivity contribution in [2.75, 3.05) is 5.73 Å². The van der Waals surface area contributed by atoms with Gasteiger partial charge in [-0.1, -0.05) is 25.1 Å². The number of aryl methyl sites for hydroxylation is 2. The average molecular weight is 429 g/mol. The maximum absolute atomic E-state index is 13.8. The number of hydrogen-bond donors (Lipinski definition) is 1. The summed E-state index contributed by atoms with van der Waals surface area (Å²) in [6, 6.07) is 17.5. The standard InChI is InChI=1S/C26H25FN4O/c1-3-18-7-9-23(29-14-18)16-31(15-19-5-4-6-22(27)12-19)26(32)20-8-10-24-21(13-20)11-17(2)25(28)30-24/h4-14H,3,15-16H2,1-2H3,(H2,28,30). The Kier molecular flexibility index (Phi) is 6.12. The average Bonchev–Trinajstić information content (AvgIpc) is 2.79. The van der Waals surface area contributed by atoms with Gasteiger partial charge in [0.2, 0.25) is 0 Å². The molecule has 2 heterocycles. The third-order valence-corrected chi connectivity index (χ3v) is 5.49. The van der Waals surface area contributed by atoms with E-state index in [-0.39, 0.29) is 18.3 Å².